The van der Waals surface area contributed by atoms with Gasteiger partial charge in [0.1, 0.15) is 0 Å². The molecule has 0 amide bonds. The Bertz CT molecular complexity index is 326. The van der Waals surface area contributed by atoms with Crippen LogP contribution in [0.2, 0.25) is 0 Å². The smallest absolute Gasteiger partial charge is 0.226 e. The highest BCUT2D eigenvalue weighted by molar-refractivity contribution is 5.31. The average Bonchev–Trinajstić information content (AvgIpc) is 2.25. The van der Waals surface area contributed by atoms with Crippen LogP contribution in [0.4, 0.5) is 5.95 Å². The first-order valence-corrected chi connectivity index (χ1v) is 5.64. The number of aromatic nitrogens is 2. The Morgan fingerprint density at radius 3 is 2.75 bits per heavy atom. The number of hydrogen-bond acceptors (Lipinski definition) is 5. The van der Waals surface area contributed by atoms with Crippen molar-refractivity contribution >= 4 is 5.95 Å². The molecule has 0 spiro atoms. The van der Waals surface area contributed by atoms with Gasteiger partial charge in [-0.15, -0.1) is 0 Å². The van der Waals surface area contributed by atoms with Crippen LogP contribution >= 0.6 is 0 Å². The van der Waals surface area contributed by atoms with Crippen LogP contribution < -0.4 is 15.8 Å². The van der Waals surface area contributed by atoms with Gasteiger partial charge in [0, 0.05) is 24.3 Å². The average molecular weight is 224 g/mol. The van der Waals surface area contributed by atoms with Gasteiger partial charge in [0.25, 0.3) is 0 Å². The molecule has 3 N–H and O–H groups in total. The van der Waals surface area contributed by atoms with E-state index >= 15 is 0 Å². The first-order valence-electron chi connectivity index (χ1n) is 5.64. The van der Waals surface area contributed by atoms with E-state index in [0.717, 1.165) is 12.1 Å². The van der Waals surface area contributed by atoms with Gasteiger partial charge in [0.15, 0.2) is 0 Å². The molecule has 5 heteroatoms. The van der Waals surface area contributed by atoms with Crippen molar-refractivity contribution in [3.8, 4) is 5.88 Å². The number of aryl methyl sites for hydroxylation is 1. The van der Waals surface area contributed by atoms with Crippen LogP contribution in [0, 0.1) is 6.92 Å². The van der Waals surface area contributed by atoms with Gasteiger partial charge in [-0.3, -0.25) is 0 Å². The van der Waals surface area contributed by atoms with Gasteiger partial charge in [-0.25, -0.2) is 4.98 Å². The normalized spacial score (nSPS) is 12.2. The fourth-order valence-electron chi connectivity index (χ4n) is 1.34. The number of anilines is 1. The molecule has 1 rings (SSSR count). The summed E-state index contributed by atoms with van der Waals surface area (Å²) in [5.74, 6) is 1.19. The summed E-state index contributed by atoms with van der Waals surface area (Å²) in [4.78, 5) is 8.55. The second-order valence-electron chi connectivity index (χ2n) is 3.59. The molecule has 1 atom stereocenters. The SMILES string of the molecule is CCOc1cc(C)nc(NC(CC)CN)n1. The van der Waals surface area contributed by atoms with Crippen LogP contribution in [0.15, 0.2) is 6.07 Å². The Kier molecular flexibility index (Phi) is 4.98. The largest absolute Gasteiger partial charge is 0.478 e. The molecule has 5 nitrogen and oxygen atoms in total. The Balaban J connectivity index is 2.78. The topological polar surface area (TPSA) is 73.1 Å². The molecule has 90 valence electrons. The molecule has 0 aliphatic heterocycles. The maximum Gasteiger partial charge on any atom is 0.226 e. The van der Waals surface area contributed by atoms with E-state index in [0.29, 0.717) is 25.0 Å². The van der Waals surface area contributed by atoms with E-state index in [1.165, 1.54) is 0 Å². The van der Waals surface area contributed by atoms with Crippen LogP contribution in [0.1, 0.15) is 26.0 Å². The molecule has 1 aromatic rings. The standard InChI is InChI=1S/C11H20N4O/c1-4-9(7-12)14-11-13-8(3)6-10(15-11)16-5-2/h6,9H,4-5,7,12H2,1-3H3,(H,13,14,15). The van der Waals surface area contributed by atoms with Crippen molar-refractivity contribution < 1.29 is 4.74 Å². The minimum Gasteiger partial charge on any atom is -0.478 e. The summed E-state index contributed by atoms with van der Waals surface area (Å²) in [6.07, 6.45) is 0.942. The molecule has 0 bridgehead atoms. The van der Waals surface area contributed by atoms with E-state index in [2.05, 4.69) is 22.2 Å². The summed E-state index contributed by atoms with van der Waals surface area (Å²) in [6, 6.07) is 2.02. The molecule has 0 aliphatic rings. The maximum atomic E-state index is 5.62. The van der Waals surface area contributed by atoms with E-state index < -0.39 is 0 Å². The highest BCUT2D eigenvalue weighted by Crippen LogP contribution is 2.12. The summed E-state index contributed by atoms with van der Waals surface area (Å²) in [5.41, 5.74) is 6.50. The summed E-state index contributed by atoms with van der Waals surface area (Å²) in [5, 5.41) is 3.19. The fraction of sp³-hybridized carbons (Fsp3) is 0.636. The molecule has 0 aliphatic carbocycles. The predicted octanol–water partition coefficient (Wildman–Crippen LogP) is 1.33. The summed E-state index contributed by atoms with van der Waals surface area (Å²) in [7, 11) is 0. The lowest BCUT2D eigenvalue weighted by atomic mass is 10.2. The molecule has 0 fully saturated rings. The molecule has 0 radical (unpaired) electrons. The molecule has 16 heavy (non-hydrogen) atoms. The zero-order valence-corrected chi connectivity index (χ0v) is 10.2. The van der Waals surface area contributed by atoms with Gasteiger partial charge in [-0.1, -0.05) is 6.92 Å². The Morgan fingerprint density at radius 1 is 1.44 bits per heavy atom. The number of rotatable bonds is 6. The monoisotopic (exact) mass is 224 g/mol. The van der Waals surface area contributed by atoms with Crippen LogP contribution in [-0.4, -0.2) is 29.2 Å². The molecule has 1 unspecified atom stereocenters. The molecule has 0 saturated heterocycles. The van der Waals surface area contributed by atoms with Crippen molar-refractivity contribution in [2.24, 2.45) is 5.73 Å². The maximum absolute atomic E-state index is 5.62. The third-order valence-electron chi connectivity index (χ3n) is 2.23. The second kappa shape index (κ2) is 6.27. The third-order valence-corrected chi connectivity index (χ3v) is 2.23. The van der Waals surface area contributed by atoms with Gasteiger partial charge in [-0.2, -0.15) is 4.98 Å². The summed E-state index contributed by atoms with van der Waals surface area (Å²) >= 11 is 0. The van der Waals surface area contributed by atoms with E-state index in [1.807, 2.05) is 19.9 Å². The molecule has 1 aromatic heterocycles. The lowest BCUT2D eigenvalue weighted by Crippen LogP contribution is -2.28. The highest BCUT2D eigenvalue weighted by atomic mass is 16.5. The van der Waals surface area contributed by atoms with Crippen molar-refractivity contribution in [3.63, 3.8) is 0 Å². The van der Waals surface area contributed by atoms with Crippen molar-refractivity contribution in [1.82, 2.24) is 9.97 Å². The lowest BCUT2D eigenvalue weighted by Gasteiger charge is -2.15. The first-order chi connectivity index (χ1) is 7.69. The molecular weight excluding hydrogens is 204 g/mol. The van der Waals surface area contributed by atoms with E-state index in [1.54, 1.807) is 0 Å². The number of nitrogens with one attached hydrogen (secondary N) is 1. The van der Waals surface area contributed by atoms with E-state index in [4.69, 9.17) is 10.5 Å². The van der Waals surface area contributed by atoms with E-state index in [9.17, 15) is 0 Å². The summed E-state index contributed by atoms with van der Waals surface area (Å²) < 4.78 is 5.35. The second-order valence-corrected chi connectivity index (χ2v) is 3.59. The third kappa shape index (κ3) is 3.66. The fourth-order valence-corrected chi connectivity index (χ4v) is 1.34. The molecule has 0 aromatic carbocycles. The number of nitrogens with zero attached hydrogens (tertiary/aromatic N) is 2. The summed E-state index contributed by atoms with van der Waals surface area (Å²) in [6.45, 7) is 7.09. The van der Waals surface area contributed by atoms with Crippen molar-refractivity contribution in [3.05, 3.63) is 11.8 Å². The van der Waals surface area contributed by atoms with Crippen molar-refractivity contribution in [2.45, 2.75) is 33.2 Å². The number of nitrogens with two attached hydrogens (primary N) is 1. The zero-order chi connectivity index (χ0) is 12.0. The molecule has 1 heterocycles. The van der Waals surface area contributed by atoms with Crippen LogP contribution in [0.25, 0.3) is 0 Å². The van der Waals surface area contributed by atoms with Crippen LogP contribution in [0.3, 0.4) is 0 Å². The molecule has 0 saturated carbocycles. The van der Waals surface area contributed by atoms with Gasteiger partial charge >= 0.3 is 0 Å². The Labute approximate surface area is 96.4 Å². The van der Waals surface area contributed by atoms with E-state index in [-0.39, 0.29) is 6.04 Å². The van der Waals surface area contributed by atoms with Crippen molar-refractivity contribution in [1.29, 1.82) is 0 Å². The van der Waals surface area contributed by atoms with Crippen molar-refractivity contribution in [2.75, 3.05) is 18.5 Å². The zero-order valence-electron chi connectivity index (χ0n) is 10.2. The predicted molar refractivity (Wildman–Crippen MR) is 64.7 cm³/mol. The van der Waals surface area contributed by atoms with Gasteiger partial charge in [-0.05, 0) is 20.3 Å². The quantitative estimate of drug-likeness (QED) is 0.762. The van der Waals surface area contributed by atoms with Crippen LogP contribution in [-0.2, 0) is 0 Å². The van der Waals surface area contributed by atoms with Crippen LogP contribution in [0.5, 0.6) is 5.88 Å². The number of ether oxygens (including phenoxy) is 1. The number of hydrogen-bond donors (Lipinski definition) is 2. The first kappa shape index (κ1) is 12.7. The highest BCUT2D eigenvalue weighted by Gasteiger charge is 2.07. The lowest BCUT2D eigenvalue weighted by molar-refractivity contribution is 0.326. The van der Waals surface area contributed by atoms with Gasteiger partial charge < -0.3 is 15.8 Å². The Morgan fingerprint density at radius 2 is 2.19 bits per heavy atom. The minimum atomic E-state index is 0.205. The Hall–Kier alpha value is -1.36. The van der Waals surface area contributed by atoms with Gasteiger partial charge in [0.05, 0.1) is 6.61 Å². The van der Waals surface area contributed by atoms with Gasteiger partial charge in [0.2, 0.25) is 11.8 Å². The molecular formula is C11H20N4O. The minimum absolute atomic E-state index is 0.205.